The summed E-state index contributed by atoms with van der Waals surface area (Å²) in [5.74, 6) is 5.58. The van der Waals surface area contributed by atoms with E-state index in [-0.39, 0.29) is 11.9 Å². The molecule has 0 amide bonds. The van der Waals surface area contributed by atoms with Crippen LogP contribution in [0.1, 0.15) is 45.2 Å². The molecule has 0 fully saturated rings. The van der Waals surface area contributed by atoms with E-state index in [2.05, 4.69) is 11.8 Å². The summed E-state index contributed by atoms with van der Waals surface area (Å²) in [4.78, 5) is 14.1. The van der Waals surface area contributed by atoms with Crippen molar-refractivity contribution in [3.05, 3.63) is 59.7 Å². The maximum Gasteiger partial charge on any atom is 0.310 e. The van der Waals surface area contributed by atoms with Gasteiger partial charge in [0, 0.05) is 20.9 Å². The first kappa shape index (κ1) is 19.5. The second-order valence-corrected chi connectivity index (χ2v) is 8.38. The van der Waals surface area contributed by atoms with Crippen molar-refractivity contribution in [1.82, 2.24) is 0 Å². The van der Waals surface area contributed by atoms with Crippen LogP contribution < -0.4 is 0 Å². The fourth-order valence-electron chi connectivity index (χ4n) is 2.89. The van der Waals surface area contributed by atoms with Gasteiger partial charge in [0.05, 0.1) is 5.92 Å². The lowest BCUT2D eigenvalue weighted by atomic mass is 9.85. The van der Waals surface area contributed by atoms with Crippen LogP contribution in [0.3, 0.4) is 0 Å². The number of rotatable bonds is 3. The zero-order valence-electron chi connectivity index (χ0n) is 16.1. The van der Waals surface area contributed by atoms with Crippen LogP contribution in [0.2, 0.25) is 0 Å². The first-order chi connectivity index (χ1) is 12.8. The smallest absolute Gasteiger partial charge is 0.310 e. The molecule has 2 aromatic carbocycles. The number of ether oxygens (including phenoxy) is 1. The van der Waals surface area contributed by atoms with Crippen LogP contribution in [-0.2, 0) is 15.1 Å². The molecule has 1 atom stereocenters. The molecule has 0 saturated carbocycles. The first-order valence-electron chi connectivity index (χ1n) is 9.13. The predicted molar refractivity (Wildman–Crippen MR) is 107 cm³/mol. The highest BCUT2D eigenvalue weighted by Crippen LogP contribution is 2.47. The third-order valence-corrected chi connectivity index (χ3v) is 5.84. The first-order valence-corrected chi connectivity index (χ1v) is 9.95. The van der Waals surface area contributed by atoms with Crippen molar-refractivity contribution in [1.29, 1.82) is 0 Å². The van der Waals surface area contributed by atoms with Crippen LogP contribution in [0.5, 0.6) is 0 Å². The highest BCUT2D eigenvalue weighted by atomic mass is 32.2. The largest absolute Gasteiger partial charge is 0.446 e. The second-order valence-electron chi connectivity index (χ2n) is 7.30. The summed E-state index contributed by atoms with van der Waals surface area (Å²) in [5, 5.41) is 11.6. The number of hydrogen-bond acceptors (Lipinski definition) is 4. The van der Waals surface area contributed by atoms with Gasteiger partial charge in [0.25, 0.3) is 0 Å². The van der Waals surface area contributed by atoms with E-state index < -0.39 is 11.2 Å². The quantitative estimate of drug-likeness (QED) is 0.616. The lowest BCUT2D eigenvalue weighted by Gasteiger charge is -2.32. The van der Waals surface area contributed by atoms with Crippen molar-refractivity contribution >= 4 is 17.7 Å². The maximum atomic E-state index is 12.2. The number of carbonyl (C=O) groups excluding carboxylic acids is 1. The zero-order chi connectivity index (χ0) is 19.7. The summed E-state index contributed by atoms with van der Waals surface area (Å²) < 4.78 is 5.57. The van der Waals surface area contributed by atoms with Crippen molar-refractivity contribution in [2.45, 2.75) is 55.1 Å². The lowest BCUT2D eigenvalue weighted by molar-refractivity contribution is -0.156. The Morgan fingerprint density at radius 3 is 2.19 bits per heavy atom. The van der Waals surface area contributed by atoms with Crippen molar-refractivity contribution in [2.75, 3.05) is 0 Å². The van der Waals surface area contributed by atoms with Gasteiger partial charge >= 0.3 is 5.97 Å². The molecule has 0 radical (unpaired) electrons. The third-order valence-electron chi connectivity index (χ3n) is 4.69. The Balaban J connectivity index is 2.02. The van der Waals surface area contributed by atoms with Gasteiger partial charge in [-0.2, -0.15) is 0 Å². The van der Waals surface area contributed by atoms with Crippen LogP contribution in [0.25, 0.3) is 0 Å². The van der Waals surface area contributed by atoms with Gasteiger partial charge in [-0.1, -0.05) is 73.8 Å². The van der Waals surface area contributed by atoms with Crippen LogP contribution in [0, 0.1) is 17.8 Å². The predicted octanol–water partition coefficient (Wildman–Crippen LogP) is 4.76. The Hall–Kier alpha value is -2.22. The molecular weight excluding hydrogens is 356 g/mol. The molecule has 0 aliphatic carbocycles. The van der Waals surface area contributed by atoms with Gasteiger partial charge in [-0.05, 0) is 32.4 Å². The maximum absolute atomic E-state index is 12.2. The van der Waals surface area contributed by atoms with Gasteiger partial charge in [-0.25, -0.2) is 0 Å². The molecule has 4 heteroatoms. The molecule has 1 aliphatic heterocycles. The minimum absolute atomic E-state index is 0.179. The van der Waals surface area contributed by atoms with Crippen molar-refractivity contribution in [2.24, 2.45) is 5.92 Å². The molecular formula is C23H24O3S. The van der Waals surface area contributed by atoms with Gasteiger partial charge in [0.1, 0.15) is 0 Å². The van der Waals surface area contributed by atoms with Gasteiger partial charge in [0.15, 0.2) is 11.2 Å². The van der Waals surface area contributed by atoms with Crippen molar-refractivity contribution < 1.29 is 14.6 Å². The average molecular weight is 381 g/mol. The Morgan fingerprint density at radius 1 is 1.15 bits per heavy atom. The van der Waals surface area contributed by atoms with Crippen LogP contribution in [0.15, 0.2) is 58.3 Å². The standard InChI is InChI=1S/C23H24O3S/c1-5-16(2)21(24)26-22(3,4)14-15-23(25)17-10-6-8-12-19(17)27-20-13-9-7-11-18(20)23/h6-13,16,25H,5H2,1-4H3. The Bertz CT molecular complexity index is 875. The highest BCUT2D eigenvalue weighted by molar-refractivity contribution is 7.99. The minimum Gasteiger partial charge on any atom is -0.446 e. The second kappa shape index (κ2) is 7.42. The zero-order valence-corrected chi connectivity index (χ0v) is 16.9. The van der Waals surface area contributed by atoms with Crippen molar-refractivity contribution in [3.8, 4) is 11.8 Å². The average Bonchev–Trinajstić information content (AvgIpc) is 2.66. The molecule has 0 saturated heterocycles. The molecule has 0 bridgehead atoms. The SMILES string of the molecule is CCC(C)C(=O)OC(C)(C)C#CC1(O)c2ccccc2Sc2ccccc21. The van der Waals surface area contributed by atoms with E-state index in [9.17, 15) is 9.90 Å². The number of hydrogen-bond donors (Lipinski definition) is 1. The molecule has 1 unspecified atom stereocenters. The van der Waals surface area contributed by atoms with Gasteiger partial charge < -0.3 is 9.84 Å². The molecule has 0 spiro atoms. The normalized spacial score (nSPS) is 15.6. The molecule has 27 heavy (non-hydrogen) atoms. The van der Waals surface area contributed by atoms with Crippen molar-refractivity contribution in [3.63, 3.8) is 0 Å². The third kappa shape index (κ3) is 3.90. The van der Waals surface area contributed by atoms with Crippen LogP contribution in [0.4, 0.5) is 0 Å². The summed E-state index contributed by atoms with van der Waals surface area (Å²) in [5.41, 5.74) is -0.932. The monoisotopic (exact) mass is 380 g/mol. The topological polar surface area (TPSA) is 46.5 Å². The van der Waals surface area contributed by atoms with Gasteiger partial charge in [-0.3, -0.25) is 4.79 Å². The molecule has 3 nitrogen and oxygen atoms in total. The van der Waals surface area contributed by atoms with Crippen LogP contribution in [-0.4, -0.2) is 16.7 Å². The fourth-order valence-corrected chi connectivity index (χ4v) is 4.07. The number of esters is 1. The molecule has 0 aromatic heterocycles. The van der Waals surface area contributed by atoms with Gasteiger partial charge in [0.2, 0.25) is 0 Å². The summed E-state index contributed by atoms with van der Waals surface area (Å²) in [6.07, 6.45) is 0.713. The van der Waals surface area contributed by atoms with E-state index in [0.29, 0.717) is 6.42 Å². The Morgan fingerprint density at radius 2 is 1.67 bits per heavy atom. The van der Waals surface area contributed by atoms with E-state index in [1.165, 1.54) is 0 Å². The van der Waals surface area contributed by atoms with E-state index in [4.69, 9.17) is 4.74 Å². The lowest BCUT2D eigenvalue weighted by Crippen LogP contribution is -2.32. The van der Waals surface area contributed by atoms with E-state index in [1.807, 2.05) is 62.4 Å². The molecule has 1 N–H and O–H groups in total. The molecule has 1 aliphatic rings. The Kier molecular flexibility index (Phi) is 5.37. The highest BCUT2D eigenvalue weighted by Gasteiger charge is 2.38. The molecule has 140 valence electrons. The van der Waals surface area contributed by atoms with E-state index in [1.54, 1.807) is 25.6 Å². The Labute approximate surface area is 165 Å². The number of benzene rings is 2. The molecule has 2 aromatic rings. The summed E-state index contributed by atoms with van der Waals surface area (Å²) in [6.45, 7) is 7.28. The van der Waals surface area contributed by atoms with E-state index >= 15 is 0 Å². The minimum atomic E-state index is -1.45. The molecule has 1 heterocycles. The summed E-state index contributed by atoms with van der Waals surface area (Å²) in [6, 6.07) is 15.4. The molecule has 3 rings (SSSR count). The van der Waals surface area contributed by atoms with Gasteiger partial charge in [-0.15, -0.1) is 0 Å². The summed E-state index contributed by atoms with van der Waals surface area (Å²) >= 11 is 1.62. The van der Waals surface area contributed by atoms with Crippen LogP contribution >= 0.6 is 11.8 Å². The summed E-state index contributed by atoms with van der Waals surface area (Å²) in [7, 11) is 0. The number of aliphatic hydroxyl groups is 1. The fraction of sp³-hybridized carbons (Fsp3) is 0.348. The van der Waals surface area contributed by atoms with E-state index in [0.717, 1.165) is 20.9 Å². The number of fused-ring (bicyclic) bond motifs is 2. The number of carbonyl (C=O) groups is 1.